The molecule has 68 valence electrons. The van der Waals surface area contributed by atoms with Crippen molar-refractivity contribution in [2.75, 3.05) is 20.3 Å². The van der Waals surface area contributed by atoms with Gasteiger partial charge in [-0.1, -0.05) is 0 Å². The van der Waals surface area contributed by atoms with Crippen LogP contribution in [0.4, 0.5) is 0 Å². The van der Waals surface area contributed by atoms with Crippen molar-refractivity contribution in [3.63, 3.8) is 0 Å². The minimum absolute atomic E-state index is 0.344. The maximum atomic E-state index is 11.0. The van der Waals surface area contributed by atoms with Crippen LogP contribution >= 0.6 is 0 Å². The van der Waals surface area contributed by atoms with Crippen molar-refractivity contribution in [1.82, 2.24) is 4.72 Å². The Hall–Kier alpha value is -0.130. The van der Waals surface area contributed by atoms with Gasteiger partial charge in [-0.25, -0.2) is 13.1 Å². The summed E-state index contributed by atoms with van der Waals surface area (Å²) in [5, 5.41) is -0.376. The van der Waals surface area contributed by atoms with Gasteiger partial charge in [-0.05, 0) is 13.8 Å². The summed E-state index contributed by atoms with van der Waals surface area (Å²) in [6, 6.07) is 0. The van der Waals surface area contributed by atoms with Crippen molar-refractivity contribution in [3.8, 4) is 0 Å². The summed E-state index contributed by atoms with van der Waals surface area (Å²) < 4.78 is 29.2. The fourth-order valence-electron chi connectivity index (χ4n) is 0.453. The third-order valence-corrected chi connectivity index (χ3v) is 3.08. The third kappa shape index (κ3) is 4.34. The average Bonchev–Trinajstić information content (AvgIpc) is 1.88. The van der Waals surface area contributed by atoms with E-state index in [2.05, 4.69) is 4.72 Å². The molecule has 0 fully saturated rings. The van der Waals surface area contributed by atoms with Gasteiger partial charge in [-0.15, -0.1) is 0 Å². The molecular formula is C6H15NO3S. The molecule has 0 radical (unpaired) electrons. The number of rotatable bonds is 5. The van der Waals surface area contributed by atoms with E-state index in [4.69, 9.17) is 4.74 Å². The molecule has 0 aromatic rings. The molecule has 0 spiro atoms. The molecule has 0 heterocycles. The predicted molar refractivity (Wildman–Crippen MR) is 43.9 cm³/mol. The number of nitrogens with one attached hydrogen (secondary N) is 1. The van der Waals surface area contributed by atoms with E-state index in [1.807, 2.05) is 0 Å². The fourth-order valence-corrected chi connectivity index (χ4v) is 1.15. The second kappa shape index (κ2) is 4.69. The lowest BCUT2D eigenvalue weighted by Crippen LogP contribution is -2.33. The van der Waals surface area contributed by atoms with Crippen LogP contribution in [0.3, 0.4) is 0 Å². The standard InChI is InChI=1S/C6H15NO3S/c1-6(2)11(8,9)7-4-5-10-3/h6-7H,4-5H2,1-3H3. The number of methoxy groups -OCH3 is 1. The molecule has 11 heavy (non-hydrogen) atoms. The zero-order valence-electron chi connectivity index (χ0n) is 7.12. The second-order valence-corrected chi connectivity index (χ2v) is 4.80. The van der Waals surface area contributed by atoms with Crippen LogP contribution in [-0.4, -0.2) is 33.9 Å². The normalized spacial score (nSPS) is 12.4. The molecule has 0 aliphatic heterocycles. The Labute approximate surface area is 68.0 Å². The second-order valence-electron chi connectivity index (χ2n) is 2.48. The van der Waals surface area contributed by atoms with Crippen molar-refractivity contribution in [2.24, 2.45) is 0 Å². The molecule has 1 N–H and O–H groups in total. The molecule has 0 aromatic carbocycles. The van der Waals surface area contributed by atoms with E-state index in [0.29, 0.717) is 13.2 Å². The maximum Gasteiger partial charge on any atom is 0.214 e. The Morgan fingerprint density at radius 2 is 2.00 bits per heavy atom. The van der Waals surface area contributed by atoms with Gasteiger partial charge in [-0.3, -0.25) is 0 Å². The molecule has 0 amide bonds. The Balaban J connectivity index is 3.75. The van der Waals surface area contributed by atoms with Crippen molar-refractivity contribution in [1.29, 1.82) is 0 Å². The molecule has 0 atom stereocenters. The summed E-state index contributed by atoms with van der Waals surface area (Å²) in [7, 11) is -1.57. The van der Waals surface area contributed by atoms with Crippen molar-refractivity contribution < 1.29 is 13.2 Å². The van der Waals surface area contributed by atoms with Crippen LogP contribution in [-0.2, 0) is 14.8 Å². The van der Waals surface area contributed by atoms with Crippen molar-refractivity contribution >= 4 is 10.0 Å². The summed E-state index contributed by atoms with van der Waals surface area (Å²) in [5.41, 5.74) is 0. The van der Waals surface area contributed by atoms with Gasteiger partial charge in [-0.2, -0.15) is 0 Å². The number of hydrogen-bond acceptors (Lipinski definition) is 3. The van der Waals surface area contributed by atoms with Crippen LogP contribution in [0.25, 0.3) is 0 Å². The first-order valence-corrected chi connectivity index (χ1v) is 5.02. The first-order chi connectivity index (χ1) is 5.00. The molecule has 0 rings (SSSR count). The molecular weight excluding hydrogens is 166 g/mol. The summed E-state index contributed by atoms with van der Waals surface area (Å²) in [6.45, 7) is 4.02. The molecule has 5 heteroatoms. The highest BCUT2D eigenvalue weighted by molar-refractivity contribution is 7.90. The summed E-state index contributed by atoms with van der Waals surface area (Å²) in [6.07, 6.45) is 0. The SMILES string of the molecule is COCCNS(=O)(=O)C(C)C. The van der Waals surface area contributed by atoms with E-state index in [0.717, 1.165) is 0 Å². The van der Waals surface area contributed by atoms with Crippen LogP contribution in [0, 0.1) is 0 Å². The first kappa shape index (κ1) is 10.9. The van der Waals surface area contributed by atoms with Crippen molar-refractivity contribution in [3.05, 3.63) is 0 Å². The average molecular weight is 181 g/mol. The van der Waals surface area contributed by atoms with E-state index in [1.54, 1.807) is 13.8 Å². The van der Waals surface area contributed by atoms with Gasteiger partial charge in [0.25, 0.3) is 0 Å². The summed E-state index contributed by atoms with van der Waals surface area (Å²) >= 11 is 0. The van der Waals surface area contributed by atoms with E-state index in [1.165, 1.54) is 7.11 Å². The minimum atomic E-state index is -3.10. The van der Waals surface area contributed by atoms with Crippen LogP contribution in [0.15, 0.2) is 0 Å². The monoisotopic (exact) mass is 181 g/mol. The molecule has 0 aromatic heterocycles. The largest absolute Gasteiger partial charge is 0.383 e. The highest BCUT2D eigenvalue weighted by Gasteiger charge is 2.13. The lowest BCUT2D eigenvalue weighted by atomic mass is 10.6. The summed E-state index contributed by atoms with van der Waals surface area (Å²) in [4.78, 5) is 0. The molecule has 0 aliphatic rings. The first-order valence-electron chi connectivity index (χ1n) is 3.48. The van der Waals surface area contributed by atoms with E-state index in [9.17, 15) is 8.42 Å². The van der Waals surface area contributed by atoms with Gasteiger partial charge < -0.3 is 4.74 Å². The summed E-state index contributed by atoms with van der Waals surface area (Å²) in [5.74, 6) is 0. The molecule has 4 nitrogen and oxygen atoms in total. The highest BCUT2D eigenvalue weighted by atomic mass is 32.2. The Kier molecular flexibility index (Phi) is 4.63. The molecule has 0 saturated heterocycles. The number of ether oxygens (including phenoxy) is 1. The maximum absolute atomic E-state index is 11.0. The van der Waals surface area contributed by atoms with Gasteiger partial charge in [0.1, 0.15) is 0 Å². The fraction of sp³-hybridized carbons (Fsp3) is 1.00. The van der Waals surface area contributed by atoms with Gasteiger partial charge in [0.2, 0.25) is 10.0 Å². The lowest BCUT2D eigenvalue weighted by molar-refractivity contribution is 0.204. The minimum Gasteiger partial charge on any atom is -0.383 e. The zero-order valence-corrected chi connectivity index (χ0v) is 7.94. The van der Waals surface area contributed by atoms with Crippen LogP contribution in [0.2, 0.25) is 0 Å². The smallest absolute Gasteiger partial charge is 0.214 e. The van der Waals surface area contributed by atoms with Gasteiger partial charge in [0, 0.05) is 13.7 Å². The van der Waals surface area contributed by atoms with Gasteiger partial charge in [0.05, 0.1) is 11.9 Å². The van der Waals surface area contributed by atoms with E-state index >= 15 is 0 Å². The van der Waals surface area contributed by atoms with Crippen LogP contribution in [0.5, 0.6) is 0 Å². The quantitative estimate of drug-likeness (QED) is 0.605. The van der Waals surface area contributed by atoms with Crippen molar-refractivity contribution in [2.45, 2.75) is 19.1 Å². The van der Waals surface area contributed by atoms with Crippen LogP contribution < -0.4 is 4.72 Å². The lowest BCUT2D eigenvalue weighted by Gasteiger charge is -2.07. The molecule has 0 saturated carbocycles. The van der Waals surface area contributed by atoms with Gasteiger partial charge in [0.15, 0.2) is 0 Å². The van der Waals surface area contributed by atoms with E-state index < -0.39 is 10.0 Å². The molecule has 0 aliphatic carbocycles. The van der Waals surface area contributed by atoms with E-state index in [-0.39, 0.29) is 5.25 Å². The van der Waals surface area contributed by atoms with Crippen LogP contribution in [0.1, 0.15) is 13.8 Å². The Morgan fingerprint density at radius 3 is 2.36 bits per heavy atom. The predicted octanol–water partition coefficient (Wildman–Crippen LogP) is -0.0394. The molecule has 0 unspecified atom stereocenters. The Bertz CT molecular complexity index is 186. The van der Waals surface area contributed by atoms with Gasteiger partial charge >= 0.3 is 0 Å². The zero-order chi connectivity index (χ0) is 8.91. The number of sulfonamides is 1. The highest BCUT2D eigenvalue weighted by Crippen LogP contribution is 1.94. The Morgan fingerprint density at radius 1 is 1.45 bits per heavy atom. The number of hydrogen-bond donors (Lipinski definition) is 1. The topological polar surface area (TPSA) is 55.4 Å². The molecule has 0 bridgehead atoms. The third-order valence-electron chi connectivity index (χ3n) is 1.23.